The maximum absolute atomic E-state index is 12.1. The number of halogens is 1. The molecular weight excluding hydrogens is 380 g/mol. The molecule has 0 aliphatic rings. The number of hydrogen-bond acceptors (Lipinski definition) is 7. The number of benzene rings is 1. The van der Waals surface area contributed by atoms with E-state index < -0.39 is 24.4 Å². The number of esters is 1. The SMILES string of the molecule is CCOc1c(Cl)cc(C(=O)OCC(=O)NNC(=O)c2ccco2)cc1OC. The molecule has 2 rings (SSSR count). The molecule has 0 spiro atoms. The smallest absolute Gasteiger partial charge is 0.338 e. The average Bonchev–Trinajstić information content (AvgIpc) is 3.20. The predicted octanol–water partition coefficient (Wildman–Crippen LogP) is 1.96. The van der Waals surface area contributed by atoms with E-state index in [2.05, 4.69) is 10.9 Å². The zero-order valence-electron chi connectivity index (χ0n) is 14.5. The monoisotopic (exact) mass is 396 g/mol. The molecule has 144 valence electrons. The second-order valence-electron chi connectivity index (χ2n) is 4.98. The van der Waals surface area contributed by atoms with Crippen molar-refractivity contribution >= 4 is 29.4 Å². The van der Waals surface area contributed by atoms with Gasteiger partial charge < -0.3 is 18.6 Å². The molecule has 0 aliphatic carbocycles. The maximum Gasteiger partial charge on any atom is 0.338 e. The molecule has 1 aromatic heterocycles. The summed E-state index contributed by atoms with van der Waals surface area (Å²) in [5, 5.41) is 0.165. The minimum absolute atomic E-state index is 0.0171. The highest BCUT2D eigenvalue weighted by Gasteiger charge is 2.18. The lowest BCUT2D eigenvalue weighted by Gasteiger charge is -2.13. The number of hydrogen-bond donors (Lipinski definition) is 2. The first-order valence-electron chi connectivity index (χ1n) is 7.76. The molecule has 0 saturated carbocycles. The minimum Gasteiger partial charge on any atom is -0.493 e. The summed E-state index contributed by atoms with van der Waals surface area (Å²) in [6.07, 6.45) is 1.31. The average molecular weight is 397 g/mol. The highest BCUT2D eigenvalue weighted by atomic mass is 35.5. The lowest BCUT2D eigenvalue weighted by molar-refractivity contribution is -0.125. The van der Waals surface area contributed by atoms with Crippen LogP contribution in [0, 0.1) is 0 Å². The van der Waals surface area contributed by atoms with Gasteiger partial charge in [-0.15, -0.1) is 0 Å². The molecule has 2 amide bonds. The Bertz CT molecular complexity index is 821. The lowest BCUT2D eigenvalue weighted by Crippen LogP contribution is -2.43. The van der Waals surface area contributed by atoms with E-state index in [4.69, 9.17) is 30.2 Å². The van der Waals surface area contributed by atoms with Gasteiger partial charge in [-0.05, 0) is 31.2 Å². The first-order chi connectivity index (χ1) is 13.0. The van der Waals surface area contributed by atoms with Crippen molar-refractivity contribution in [2.24, 2.45) is 0 Å². The molecular formula is C17H17ClN2O7. The third-order valence-corrected chi connectivity index (χ3v) is 3.43. The summed E-state index contributed by atoms with van der Waals surface area (Å²) in [5.41, 5.74) is 4.28. The van der Waals surface area contributed by atoms with Crippen molar-refractivity contribution in [1.82, 2.24) is 10.9 Å². The van der Waals surface area contributed by atoms with Gasteiger partial charge in [-0.2, -0.15) is 0 Å². The van der Waals surface area contributed by atoms with Gasteiger partial charge in [0.05, 0.1) is 30.6 Å². The first kappa shape index (κ1) is 20.1. The van der Waals surface area contributed by atoms with Crippen LogP contribution < -0.4 is 20.3 Å². The Hall–Kier alpha value is -3.20. The van der Waals surface area contributed by atoms with Gasteiger partial charge in [0, 0.05) is 0 Å². The fourth-order valence-electron chi connectivity index (χ4n) is 1.97. The second-order valence-corrected chi connectivity index (χ2v) is 5.39. The molecule has 0 aliphatic heterocycles. The molecule has 1 heterocycles. The van der Waals surface area contributed by atoms with Crippen molar-refractivity contribution in [3.8, 4) is 11.5 Å². The number of methoxy groups -OCH3 is 1. The number of furan rings is 1. The van der Waals surface area contributed by atoms with E-state index in [-0.39, 0.29) is 22.1 Å². The highest BCUT2D eigenvalue weighted by Crippen LogP contribution is 2.36. The standard InChI is InChI=1S/C17H17ClN2O7/c1-3-25-15-11(18)7-10(8-13(15)24-2)17(23)27-9-14(21)19-20-16(22)12-5-4-6-26-12/h4-8H,3,9H2,1-2H3,(H,19,21)(H,20,22). The second kappa shape index (κ2) is 9.48. The van der Waals surface area contributed by atoms with Crippen molar-refractivity contribution in [3.05, 3.63) is 46.9 Å². The van der Waals surface area contributed by atoms with Crippen molar-refractivity contribution in [1.29, 1.82) is 0 Å². The van der Waals surface area contributed by atoms with Crippen LogP contribution in [0.15, 0.2) is 34.9 Å². The van der Waals surface area contributed by atoms with Gasteiger partial charge in [-0.1, -0.05) is 11.6 Å². The van der Waals surface area contributed by atoms with Crippen LogP contribution in [0.1, 0.15) is 27.8 Å². The predicted molar refractivity (Wildman–Crippen MR) is 93.8 cm³/mol. The number of rotatable bonds is 7. The topological polar surface area (TPSA) is 116 Å². The number of nitrogens with one attached hydrogen (secondary N) is 2. The number of hydrazine groups is 1. The van der Waals surface area contributed by atoms with Gasteiger partial charge in [0.1, 0.15) is 0 Å². The van der Waals surface area contributed by atoms with Crippen LogP contribution in [0.5, 0.6) is 11.5 Å². The number of ether oxygens (including phenoxy) is 3. The van der Waals surface area contributed by atoms with Gasteiger partial charge >= 0.3 is 11.9 Å². The molecule has 0 atom stereocenters. The van der Waals surface area contributed by atoms with E-state index in [1.54, 1.807) is 6.92 Å². The fraction of sp³-hybridized carbons (Fsp3) is 0.235. The van der Waals surface area contributed by atoms with Crippen LogP contribution in [0.4, 0.5) is 0 Å². The summed E-state index contributed by atoms with van der Waals surface area (Å²) in [5.74, 6) is -1.62. The van der Waals surface area contributed by atoms with Gasteiger partial charge in [0.25, 0.3) is 5.91 Å². The van der Waals surface area contributed by atoms with Crippen LogP contribution in [-0.4, -0.2) is 38.1 Å². The summed E-state index contributed by atoms with van der Waals surface area (Å²) in [6, 6.07) is 5.67. The fourth-order valence-corrected chi connectivity index (χ4v) is 2.23. The summed E-state index contributed by atoms with van der Waals surface area (Å²) in [4.78, 5) is 35.4. The largest absolute Gasteiger partial charge is 0.493 e. The van der Waals surface area contributed by atoms with Crippen LogP contribution >= 0.6 is 11.6 Å². The van der Waals surface area contributed by atoms with Crippen LogP contribution in [-0.2, 0) is 9.53 Å². The molecule has 2 aromatic rings. The molecule has 10 heteroatoms. The van der Waals surface area contributed by atoms with Gasteiger partial charge in [-0.3, -0.25) is 20.4 Å². The Labute approximate surface area is 159 Å². The highest BCUT2D eigenvalue weighted by molar-refractivity contribution is 6.32. The molecule has 0 bridgehead atoms. The van der Waals surface area contributed by atoms with Crippen LogP contribution in [0.3, 0.4) is 0 Å². The molecule has 27 heavy (non-hydrogen) atoms. The molecule has 9 nitrogen and oxygen atoms in total. The third kappa shape index (κ3) is 5.38. The number of amides is 2. The maximum atomic E-state index is 12.1. The summed E-state index contributed by atoms with van der Waals surface area (Å²) in [6.45, 7) is 1.52. The van der Waals surface area contributed by atoms with Gasteiger partial charge in [-0.25, -0.2) is 4.79 Å². The Balaban J connectivity index is 1.90. The van der Waals surface area contributed by atoms with Crippen molar-refractivity contribution in [3.63, 3.8) is 0 Å². The molecule has 0 unspecified atom stereocenters. The first-order valence-corrected chi connectivity index (χ1v) is 8.14. The van der Waals surface area contributed by atoms with E-state index in [1.807, 2.05) is 0 Å². The van der Waals surface area contributed by atoms with E-state index in [9.17, 15) is 14.4 Å². The zero-order chi connectivity index (χ0) is 19.8. The van der Waals surface area contributed by atoms with Gasteiger partial charge in [0.15, 0.2) is 23.9 Å². The van der Waals surface area contributed by atoms with Crippen molar-refractivity contribution in [2.75, 3.05) is 20.3 Å². The normalized spacial score (nSPS) is 10.0. The minimum atomic E-state index is -0.800. The molecule has 2 N–H and O–H groups in total. The van der Waals surface area contributed by atoms with Crippen LogP contribution in [0.2, 0.25) is 5.02 Å². The van der Waals surface area contributed by atoms with Crippen LogP contribution in [0.25, 0.3) is 0 Å². The molecule has 0 saturated heterocycles. The van der Waals surface area contributed by atoms with Crippen molar-refractivity contribution < 1.29 is 33.0 Å². The third-order valence-electron chi connectivity index (χ3n) is 3.15. The Morgan fingerprint density at radius 3 is 2.63 bits per heavy atom. The Kier molecular flexibility index (Phi) is 7.07. The lowest BCUT2D eigenvalue weighted by atomic mass is 10.2. The van der Waals surface area contributed by atoms with E-state index in [0.29, 0.717) is 12.4 Å². The number of carbonyl (C=O) groups excluding carboxylic acids is 3. The summed E-state index contributed by atoms with van der Waals surface area (Å²) >= 11 is 6.08. The van der Waals surface area contributed by atoms with E-state index in [1.165, 1.54) is 37.6 Å². The zero-order valence-corrected chi connectivity index (χ0v) is 15.3. The summed E-state index contributed by atoms with van der Waals surface area (Å²) < 4.78 is 20.2. The Morgan fingerprint density at radius 1 is 1.22 bits per heavy atom. The van der Waals surface area contributed by atoms with Crippen molar-refractivity contribution in [2.45, 2.75) is 6.92 Å². The van der Waals surface area contributed by atoms with E-state index in [0.717, 1.165) is 0 Å². The molecule has 0 radical (unpaired) electrons. The number of carbonyl (C=O) groups is 3. The summed E-state index contributed by atoms with van der Waals surface area (Å²) in [7, 11) is 1.40. The molecule has 0 fully saturated rings. The van der Waals surface area contributed by atoms with E-state index >= 15 is 0 Å². The molecule has 1 aromatic carbocycles. The quantitative estimate of drug-likeness (QED) is 0.542. The Morgan fingerprint density at radius 2 is 2.00 bits per heavy atom. The van der Waals surface area contributed by atoms with Gasteiger partial charge in [0.2, 0.25) is 0 Å².